The molecule has 1 aliphatic carbocycles. The number of hydrogen-bond donors (Lipinski definition) is 1. The maximum absolute atomic E-state index is 12.0. The number of esters is 1. The van der Waals surface area contributed by atoms with Crippen molar-refractivity contribution in [2.24, 2.45) is 5.92 Å². The summed E-state index contributed by atoms with van der Waals surface area (Å²) in [4.78, 5) is 14.4. The molecule has 0 aliphatic heterocycles. The summed E-state index contributed by atoms with van der Waals surface area (Å²) in [6.45, 7) is 10.3. The van der Waals surface area contributed by atoms with Crippen LogP contribution in [0.5, 0.6) is 0 Å². The number of carbonyl (C=O) groups excluding carboxylic acids is 1. The highest BCUT2D eigenvalue weighted by Gasteiger charge is 2.34. The molecular weight excluding hydrogens is 240 g/mol. The molecule has 0 heterocycles. The lowest BCUT2D eigenvalue weighted by Gasteiger charge is -2.31. The lowest BCUT2D eigenvalue weighted by atomic mass is 9.97. The topological polar surface area (TPSA) is 41.6 Å². The molecule has 1 atom stereocenters. The van der Waals surface area contributed by atoms with Crippen LogP contribution in [0.1, 0.15) is 46.5 Å². The van der Waals surface area contributed by atoms with Crippen molar-refractivity contribution in [3.63, 3.8) is 0 Å². The van der Waals surface area contributed by atoms with Gasteiger partial charge in [-0.2, -0.15) is 0 Å². The van der Waals surface area contributed by atoms with Crippen molar-refractivity contribution in [2.75, 3.05) is 33.3 Å². The third-order valence-corrected chi connectivity index (χ3v) is 3.99. The van der Waals surface area contributed by atoms with Crippen molar-refractivity contribution < 1.29 is 9.53 Å². The van der Waals surface area contributed by atoms with E-state index in [-0.39, 0.29) is 5.97 Å². The summed E-state index contributed by atoms with van der Waals surface area (Å²) in [5, 5.41) is 3.34. The van der Waals surface area contributed by atoms with Crippen molar-refractivity contribution >= 4 is 5.97 Å². The Labute approximate surface area is 117 Å². The lowest BCUT2D eigenvalue weighted by Crippen LogP contribution is -2.52. The number of nitrogens with zero attached hydrogens (tertiary/aromatic N) is 1. The zero-order valence-corrected chi connectivity index (χ0v) is 13.0. The van der Waals surface area contributed by atoms with Gasteiger partial charge in [-0.05, 0) is 51.6 Å². The van der Waals surface area contributed by atoms with Crippen molar-refractivity contribution in [2.45, 2.75) is 52.0 Å². The Kier molecular flexibility index (Phi) is 6.80. The third kappa shape index (κ3) is 5.49. The highest BCUT2D eigenvalue weighted by molar-refractivity contribution is 5.80. The number of ether oxygens (including phenoxy) is 1. The molecule has 19 heavy (non-hydrogen) atoms. The van der Waals surface area contributed by atoms with Crippen molar-refractivity contribution in [3.05, 3.63) is 0 Å². The standard InChI is InChI=1S/C15H30N2O2/c1-5-10-16-15(3,14(18)19-4)9-11-17(6-2)12-13-7-8-13/h13,16H,5-12H2,1-4H3. The molecule has 1 saturated carbocycles. The summed E-state index contributed by atoms with van der Waals surface area (Å²) < 4.78 is 4.95. The van der Waals surface area contributed by atoms with Crippen LogP contribution in [0.25, 0.3) is 0 Å². The highest BCUT2D eigenvalue weighted by atomic mass is 16.5. The van der Waals surface area contributed by atoms with Gasteiger partial charge >= 0.3 is 5.97 Å². The average molecular weight is 270 g/mol. The van der Waals surface area contributed by atoms with E-state index in [0.29, 0.717) is 0 Å². The fourth-order valence-electron chi connectivity index (χ4n) is 2.31. The molecule has 1 fully saturated rings. The van der Waals surface area contributed by atoms with Gasteiger partial charge in [-0.1, -0.05) is 13.8 Å². The second kappa shape index (κ2) is 7.85. The van der Waals surface area contributed by atoms with Crippen LogP contribution in [0.15, 0.2) is 0 Å². The molecule has 1 unspecified atom stereocenters. The third-order valence-electron chi connectivity index (χ3n) is 3.99. The largest absolute Gasteiger partial charge is 0.468 e. The summed E-state index contributed by atoms with van der Waals surface area (Å²) in [6, 6.07) is 0. The van der Waals surface area contributed by atoms with Gasteiger partial charge in [0.05, 0.1) is 7.11 Å². The van der Waals surface area contributed by atoms with Crippen molar-refractivity contribution in [3.8, 4) is 0 Å². The highest BCUT2D eigenvalue weighted by Crippen LogP contribution is 2.29. The van der Waals surface area contributed by atoms with E-state index < -0.39 is 5.54 Å². The van der Waals surface area contributed by atoms with E-state index in [2.05, 4.69) is 24.1 Å². The van der Waals surface area contributed by atoms with E-state index in [9.17, 15) is 4.79 Å². The van der Waals surface area contributed by atoms with E-state index in [1.807, 2.05) is 6.92 Å². The molecule has 0 amide bonds. The smallest absolute Gasteiger partial charge is 0.325 e. The summed E-state index contributed by atoms with van der Waals surface area (Å²) >= 11 is 0. The van der Waals surface area contributed by atoms with Gasteiger partial charge in [0.2, 0.25) is 0 Å². The Balaban J connectivity index is 2.47. The molecule has 4 heteroatoms. The molecule has 1 N–H and O–H groups in total. The van der Waals surface area contributed by atoms with Gasteiger partial charge in [-0.15, -0.1) is 0 Å². The Morgan fingerprint density at radius 2 is 2.11 bits per heavy atom. The van der Waals surface area contributed by atoms with Gasteiger partial charge in [0.15, 0.2) is 0 Å². The first-order valence-electron chi connectivity index (χ1n) is 7.61. The van der Waals surface area contributed by atoms with Crippen LogP contribution in [-0.4, -0.2) is 49.7 Å². The predicted molar refractivity (Wildman–Crippen MR) is 78.2 cm³/mol. The molecule has 4 nitrogen and oxygen atoms in total. The zero-order chi connectivity index (χ0) is 14.3. The molecule has 0 saturated heterocycles. The second-order valence-corrected chi connectivity index (χ2v) is 5.84. The summed E-state index contributed by atoms with van der Waals surface area (Å²) in [6.07, 6.45) is 4.57. The monoisotopic (exact) mass is 270 g/mol. The molecule has 0 radical (unpaired) electrons. The van der Waals surface area contributed by atoms with Crippen LogP contribution in [0, 0.1) is 5.92 Å². The molecule has 1 rings (SSSR count). The number of hydrogen-bond acceptors (Lipinski definition) is 4. The number of methoxy groups -OCH3 is 1. The van der Waals surface area contributed by atoms with Gasteiger partial charge in [-0.25, -0.2) is 0 Å². The first-order valence-corrected chi connectivity index (χ1v) is 7.61. The van der Waals surface area contributed by atoms with Gasteiger partial charge < -0.3 is 15.0 Å². The molecule has 1 aliphatic rings. The maximum Gasteiger partial charge on any atom is 0.325 e. The van der Waals surface area contributed by atoms with Crippen LogP contribution in [0.2, 0.25) is 0 Å². The molecule has 0 spiro atoms. The number of nitrogens with one attached hydrogen (secondary N) is 1. The lowest BCUT2D eigenvalue weighted by molar-refractivity contribution is -0.148. The van der Waals surface area contributed by atoms with Crippen LogP contribution in [0.4, 0.5) is 0 Å². The van der Waals surface area contributed by atoms with E-state index in [0.717, 1.165) is 38.4 Å². The van der Waals surface area contributed by atoms with Gasteiger partial charge in [0, 0.05) is 13.1 Å². The van der Waals surface area contributed by atoms with Crippen LogP contribution in [-0.2, 0) is 9.53 Å². The Bertz CT molecular complexity index is 279. The minimum Gasteiger partial charge on any atom is -0.468 e. The number of carbonyl (C=O) groups is 1. The average Bonchev–Trinajstić information content (AvgIpc) is 3.24. The predicted octanol–water partition coefficient (Wildman–Crippen LogP) is 2.04. The fraction of sp³-hybridized carbons (Fsp3) is 0.933. The molecule has 0 bridgehead atoms. The SMILES string of the molecule is CCCNC(C)(CCN(CC)CC1CC1)C(=O)OC. The van der Waals surface area contributed by atoms with E-state index in [1.54, 1.807) is 0 Å². The van der Waals surface area contributed by atoms with Crippen LogP contribution in [0.3, 0.4) is 0 Å². The molecule has 0 aromatic carbocycles. The van der Waals surface area contributed by atoms with Gasteiger partial charge in [-0.3, -0.25) is 4.79 Å². The number of rotatable bonds is 10. The normalized spacial score (nSPS) is 18.4. The minimum absolute atomic E-state index is 0.150. The Morgan fingerprint density at radius 3 is 2.58 bits per heavy atom. The fourth-order valence-corrected chi connectivity index (χ4v) is 2.31. The van der Waals surface area contributed by atoms with Crippen LogP contribution < -0.4 is 5.32 Å². The van der Waals surface area contributed by atoms with Gasteiger partial charge in [0.25, 0.3) is 0 Å². The molecule has 0 aromatic rings. The van der Waals surface area contributed by atoms with E-state index in [1.165, 1.54) is 26.5 Å². The van der Waals surface area contributed by atoms with E-state index >= 15 is 0 Å². The first-order chi connectivity index (χ1) is 9.05. The summed E-state index contributed by atoms with van der Waals surface area (Å²) in [5.74, 6) is 0.747. The Hall–Kier alpha value is -0.610. The van der Waals surface area contributed by atoms with Crippen molar-refractivity contribution in [1.29, 1.82) is 0 Å². The minimum atomic E-state index is -0.554. The van der Waals surface area contributed by atoms with Gasteiger partial charge in [0.1, 0.15) is 5.54 Å². The Morgan fingerprint density at radius 1 is 1.42 bits per heavy atom. The quantitative estimate of drug-likeness (QED) is 0.617. The van der Waals surface area contributed by atoms with Crippen molar-refractivity contribution in [1.82, 2.24) is 10.2 Å². The molecule has 112 valence electrons. The van der Waals surface area contributed by atoms with E-state index in [4.69, 9.17) is 4.74 Å². The van der Waals surface area contributed by atoms with Crippen LogP contribution >= 0.6 is 0 Å². The second-order valence-electron chi connectivity index (χ2n) is 5.84. The molecular formula is C15H30N2O2. The zero-order valence-electron chi connectivity index (χ0n) is 13.0. The summed E-state index contributed by atoms with van der Waals surface area (Å²) in [7, 11) is 1.47. The maximum atomic E-state index is 12.0. The summed E-state index contributed by atoms with van der Waals surface area (Å²) in [5.41, 5.74) is -0.554. The first kappa shape index (κ1) is 16.4. The molecule has 0 aromatic heterocycles.